The van der Waals surface area contributed by atoms with Crippen molar-refractivity contribution >= 4 is 0 Å². The van der Waals surface area contributed by atoms with E-state index in [9.17, 15) is 0 Å². The van der Waals surface area contributed by atoms with Crippen LogP contribution in [0.5, 0.6) is 0 Å². The fourth-order valence-corrected chi connectivity index (χ4v) is 3.86. The molecule has 1 aliphatic carbocycles. The number of nitrogens with one attached hydrogen (secondary N) is 2. The van der Waals surface area contributed by atoms with Crippen molar-refractivity contribution in [3.05, 3.63) is 0 Å². The molecule has 1 saturated carbocycles. The van der Waals surface area contributed by atoms with Crippen molar-refractivity contribution in [2.75, 3.05) is 6.54 Å². The highest BCUT2D eigenvalue weighted by molar-refractivity contribution is 4.95. The van der Waals surface area contributed by atoms with E-state index in [-0.39, 0.29) is 0 Å². The summed E-state index contributed by atoms with van der Waals surface area (Å²) in [6, 6.07) is 1.94. The Hall–Kier alpha value is -0.520. The molecule has 2 nitrogen and oxygen atoms in total. The minimum Gasteiger partial charge on any atom is -0.314 e. The summed E-state index contributed by atoms with van der Waals surface area (Å²) in [5, 5.41) is 7.63. The Kier molecular flexibility index (Phi) is 6.20. The molecule has 0 bridgehead atoms. The predicted molar refractivity (Wildman–Crippen MR) is 82.1 cm³/mol. The van der Waals surface area contributed by atoms with Crippen molar-refractivity contribution in [1.82, 2.24) is 10.6 Å². The molecule has 2 fully saturated rings. The van der Waals surface area contributed by atoms with Gasteiger partial charge >= 0.3 is 0 Å². The van der Waals surface area contributed by atoms with E-state index >= 15 is 0 Å². The van der Waals surface area contributed by atoms with Gasteiger partial charge in [-0.1, -0.05) is 26.2 Å². The Morgan fingerprint density at radius 3 is 2.68 bits per heavy atom. The van der Waals surface area contributed by atoms with Crippen LogP contribution < -0.4 is 10.6 Å². The number of rotatable bonds is 5. The Bertz CT molecular complexity index is 288. The van der Waals surface area contributed by atoms with Crippen LogP contribution in [0.1, 0.15) is 64.7 Å². The van der Waals surface area contributed by atoms with Gasteiger partial charge < -0.3 is 10.6 Å². The van der Waals surface area contributed by atoms with Gasteiger partial charge in [-0.25, -0.2) is 0 Å². The zero-order valence-electron chi connectivity index (χ0n) is 12.5. The van der Waals surface area contributed by atoms with Crippen molar-refractivity contribution in [2.24, 2.45) is 5.92 Å². The molecule has 1 saturated heterocycles. The van der Waals surface area contributed by atoms with Crippen LogP contribution in [0, 0.1) is 18.3 Å². The van der Waals surface area contributed by atoms with E-state index in [1.807, 2.05) is 0 Å². The molecule has 0 amide bonds. The van der Waals surface area contributed by atoms with Crippen LogP contribution in [0.3, 0.4) is 0 Å². The van der Waals surface area contributed by atoms with Crippen molar-refractivity contribution in [3.8, 4) is 12.3 Å². The monoisotopic (exact) mass is 262 g/mol. The number of piperidine rings is 1. The van der Waals surface area contributed by atoms with Crippen molar-refractivity contribution < 1.29 is 0 Å². The summed E-state index contributed by atoms with van der Waals surface area (Å²) in [5.41, 5.74) is 0. The van der Waals surface area contributed by atoms with Gasteiger partial charge in [-0.05, 0) is 44.6 Å². The number of hydrogen-bond acceptors (Lipinski definition) is 2. The van der Waals surface area contributed by atoms with Gasteiger partial charge in [0.2, 0.25) is 0 Å². The molecule has 0 radical (unpaired) electrons. The van der Waals surface area contributed by atoms with Gasteiger partial charge in [-0.3, -0.25) is 0 Å². The Labute approximate surface area is 119 Å². The van der Waals surface area contributed by atoms with Crippen LogP contribution in [0.4, 0.5) is 0 Å². The molecule has 108 valence electrons. The van der Waals surface area contributed by atoms with Gasteiger partial charge in [0, 0.05) is 24.5 Å². The van der Waals surface area contributed by atoms with Crippen LogP contribution in [0.25, 0.3) is 0 Å². The minimum atomic E-state index is 0.513. The lowest BCUT2D eigenvalue weighted by atomic mass is 9.77. The number of terminal acetylenes is 1. The molecule has 2 N–H and O–H groups in total. The highest BCUT2D eigenvalue weighted by Gasteiger charge is 2.33. The smallest absolute Gasteiger partial charge is 0.0240 e. The maximum Gasteiger partial charge on any atom is 0.0240 e. The van der Waals surface area contributed by atoms with Gasteiger partial charge in [-0.2, -0.15) is 0 Å². The average Bonchev–Trinajstić information content (AvgIpc) is 2.48. The Morgan fingerprint density at radius 2 is 2.00 bits per heavy atom. The third-order valence-corrected chi connectivity index (χ3v) is 4.99. The lowest BCUT2D eigenvalue weighted by Crippen LogP contribution is -2.52. The quantitative estimate of drug-likeness (QED) is 0.744. The van der Waals surface area contributed by atoms with Crippen molar-refractivity contribution in [3.63, 3.8) is 0 Å². The largest absolute Gasteiger partial charge is 0.314 e. The molecular formula is C17H30N2. The van der Waals surface area contributed by atoms with Crippen LogP contribution in [-0.4, -0.2) is 24.7 Å². The van der Waals surface area contributed by atoms with Crippen LogP contribution >= 0.6 is 0 Å². The van der Waals surface area contributed by atoms with Gasteiger partial charge in [0.1, 0.15) is 0 Å². The highest BCUT2D eigenvalue weighted by Crippen LogP contribution is 2.31. The molecule has 0 aromatic rings. The standard InChI is InChI=1S/C17H30N2/c1-3-9-14(4-2)19-17-12-6-5-10-15(17)16-11-7-8-13-18-16/h1,14-19H,4-13H2,2H3. The Morgan fingerprint density at radius 1 is 1.21 bits per heavy atom. The molecule has 2 rings (SSSR count). The molecule has 1 heterocycles. The van der Waals surface area contributed by atoms with E-state index in [2.05, 4.69) is 23.5 Å². The fourth-order valence-electron chi connectivity index (χ4n) is 3.86. The summed E-state index contributed by atoms with van der Waals surface area (Å²) in [4.78, 5) is 0. The molecule has 0 aromatic carbocycles. The second kappa shape index (κ2) is 7.92. The van der Waals surface area contributed by atoms with E-state index in [1.165, 1.54) is 51.5 Å². The molecule has 0 spiro atoms. The fraction of sp³-hybridized carbons (Fsp3) is 0.882. The topological polar surface area (TPSA) is 24.1 Å². The van der Waals surface area contributed by atoms with E-state index in [1.54, 1.807) is 0 Å². The molecule has 0 aromatic heterocycles. The Balaban J connectivity index is 1.92. The maximum absolute atomic E-state index is 5.49. The van der Waals surface area contributed by atoms with Crippen molar-refractivity contribution in [1.29, 1.82) is 0 Å². The molecule has 2 heteroatoms. The third kappa shape index (κ3) is 4.23. The zero-order valence-corrected chi connectivity index (χ0v) is 12.5. The molecular weight excluding hydrogens is 232 g/mol. The van der Waals surface area contributed by atoms with Crippen molar-refractivity contribution in [2.45, 2.75) is 82.8 Å². The summed E-state index contributed by atoms with van der Waals surface area (Å²) >= 11 is 0. The minimum absolute atomic E-state index is 0.513. The SMILES string of the molecule is C#CCC(CC)NC1CCCCC1C1CCCCN1. The molecule has 19 heavy (non-hydrogen) atoms. The lowest BCUT2D eigenvalue weighted by molar-refractivity contribution is 0.171. The van der Waals surface area contributed by atoms with Gasteiger partial charge in [0.15, 0.2) is 0 Å². The summed E-state index contributed by atoms with van der Waals surface area (Å²) in [6.45, 7) is 3.46. The van der Waals surface area contributed by atoms with Crippen LogP contribution in [0.15, 0.2) is 0 Å². The lowest BCUT2D eigenvalue weighted by Gasteiger charge is -2.41. The van der Waals surface area contributed by atoms with Gasteiger partial charge in [0.25, 0.3) is 0 Å². The first-order valence-electron chi connectivity index (χ1n) is 8.28. The average molecular weight is 262 g/mol. The van der Waals surface area contributed by atoms with Crippen LogP contribution in [-0.2, 0) is 0 Å². The second-order valence-electron chi connectivity index (χ2n) is 6.29. The van der Waals surface area contributed by atoms with Gasteiger partial charge in [-0.15, -0.1) is 12.3 Å². The predicted octanol–water partition coefficient (Wildman–Crippen LogP) is 3.08. The van der Waals surface area contributed by atoms with E-state index in [4.69, 9.17) is 6.42 Å². The summed E-state index contributed by atoms with van der Waals surface area (Å²) in [5.74, 6) is 3.64. The molecule has 4 unspecified atom stereocenters. The first-order chi connectivity index (χ1) is 9.35. The first-order valence-corrected chi connectivity index (χ1v) is 8.28. The normalized spacial score (nSPS) is 33.6. The first kappa shape index (κ1) is 14.9. The molecule has 4 atom stereocenters. The third-order valence-electron chi connectivity index (χ3n) is 4.99. The maximum atomic E-state index is 5.49. The number of hydrogen-bond donors (Lipinski definition) is 2. The van der Waals surface area contributed by atoms with E-state index in [0.29, 0.717) is 12.1 Å². The summed E-state index contributed by atoms with van der Waals surface area (Å²) in [7, 11) is 0. The van der Waals surface area contributed by atoms with E-state index < -0.39 is 0 Å². The highest BCUT2D eigenvalue weighted by atomic mass is 15.0. The van der Waals surface area contributed by atoms with Gasteiger partial charge in [0.05, 0.1) is 0 Å². The zero-order chi connectivity index (χ0) is 13.5. The summed E-state index contributed by atoms with van der Waals surface area (Å²) < 4.78 is 0. The summed E-state index contributed by atoms with van der Waals surface area (Å²) in [6.07, 6.45) is 17.2. The molecule has 2 aliphatic rings. The van der Waals surface area contributed by atoms with E-state index in [0.717, 1.165) is 24.8 Å². The van der Waals surface area contributed by atoms with Crippen LogP contribution in [0.2, 0.25) is 0 Å². The molecule has 1 aliphatic heterocycles. The second-order valence-corrected chi connectivity index (χ2v) is 6.29.